The molecule has 2 aliphatic heterocycles. The zero-order valence-corrected chi connectivity index (χ0v) is 15.7. The lowest BCUT2D eigenvalue weighted by molar-refractivity contribution is 0.0564. The third kappa shape index (κ3) is 4.07. The second kappa shape index (κ2) is 7.84. The maximum Gasteiger partial charge on any atom is 0.241 e. The molecule has 1 N–H and O–H groups in total. The van der Waals surface area contributed by atoms with Gasteiger partial charge in [-0.3, -0.25) is 4.98 Å². The predicted molar refractivity (Wildman–Crippen MR) is 98.3 cm³/mol. The largest absolute Gasteiger partial charge is 0.486 e. The maximum absolute atomic E-state index is 13.1. The molecule has 0 amide bonds. The molecule has 2 aliphatic rings. The summed E-state index contributed by atoms with van der Waals surface area (Å²) in [6.45, 7) is 2.13. The third-order valence-corrected chi connectivity index (χ3v) is 6.33. The van der Waals surface area contributed by atoms with Gasteiger partial charge in [-0.1, -0.05) is 6.07 Å². The summed E-state index contributed by atoms with van der Waals surface area (Å²) in [5, 5.41) is 0. The van der Waals surface area contributed by atoms with Crippen LogP contribution in [0.15, 0.2) is 47.6 Å². The molecule has 3 heterocycles. The Morgan fingerprint density at radius 3 is 2.56 bits per heavy atom. The molecule has 144 valence electrons. The monoisotopic (exact) mass is 390 g/mol. The molecular weight excluding hydrogens is 368 g/mol. The van der Waals surface area contributed by atoms with Crippen LogP contribution in [-0.4, -0.2) is 39.8 Å². The molecule has 1 atom stereocenters. The number of benzene rings is 1. The fourth-order valence-corrected chi connectivity index (χ4v) is 4.78. The number of hydrogen-bond donors (Lipinski definition) is 1. The Morgan fingerprint density at radius 1 is 1.04 bits per heavy atom. The van der Waals surface area contributed by atoms with Crippen molar-refractivity contribution in [2.75, 3.05) is 26.4 Å². The maximum atomic E-state index is 13.1. The van der Waals surface area contributed by atoms with Gasteiger partial charge in [0.05, 0.1) is 10.9 Å². The quantitative estimate of drug-likeness (QED) is 0.843. The van der Waals surface area contributed by atoms with E-state index in [-0.39, 0.29) is 16.9 Å². The second-order valence-electron chi connectivity index (χ2n) is 6.64. The van der Waals surface area contributed by atoms with Gasteiger partial charge in [0.25, 0.3) is 0 Å². The highest BCUT2D eigenvalue weighted by Gasteiger charge is 2.30. The van der Waals surface area contributed by atoms with Gasteiger partial charge in [-0.2, -0.15) is 0 Å². The first kappa shape index (κ1) is 18.2. The Balaban J connectivity index is 1.63. The smallest absolute Gasteiger partial charge is 0.241 e. The number of ether oxygens (including phenoxy) is 3. The lowest BCUT2D eigenvalue weighted by Gasteiger charge is -2.31. The molecule has 8 heteroatoms. The summed E-state index contributed by atoms with van der Waals surface area (Å²) >= 11 is 0. The van der Waals surface area contributed by atoms with E-state index in [1.807, 2.05) is 12.1 Å². The number of aromatic nitrogens is 1. The molecule has 1 aromatic carbocycles. The van der Waals surface area contributed by atoms with Crippen molar-refractivity contribution in [1.82, 2.24) is 9.71 Å². The number of hydrogen-bond acceptors (Lipinski definition) is 6. The van der Waals surface area contributed by atoms with Crippen molar-refractivity contribution in [1.29, 1.82) is 0 Å². The molecule has 1 fully saturated rings. The van der Waals surface area contributed by atoms with E-state index in [0.717, 1.165) is 18.4 Å². The van der Waals surface area contributed by atoms with Crippen molar-refractivity contribution in [2.45, 2.75) is 23.8 Å². The van der Waals surface area contributed by atoms with Crippen molar-refractivity contribution in [3.8, 4) is 11.5 Å². The number of sulfonamides is 1. The summed E-state index contributed by atoms with van der Waals surface area (Å²) in [6.07, 6.45) is 4.98. The van der Waals surface area contributed by atoms with Crippen molar-refractivity contribution in [3.63, 3.8) is 0 Å². The van der Waals surface area contributed by atoms with E-state index in [2.05, 4.69) is 9.71 Å². The van der Waals surface area contributed by atoms with Gasteiger partial charge in [-0.25, -0.2) is 13.1 Å². The van der Waals surface area contributed by atoms with Gasteiger partial charge < -0.3 is 14.2 Å². The molecule has 1 saturated heterocycles. The van der Waals surface area contributed by atoms with Gasteiger partial charge in [-0.15, -0.1) is 0 Å². The number of rotatable bonds is 5. The van der Waals surface area contributed by atoms with E-state index in [4.69, 9.17) is 14.2 Å². The highest BCUT2D eigenvalue weighted by Crippen LogP contribution is 2.34. The van der Waals surface area contributed by atoms with Gasteiger partial charge in [0.2, 0.25) is 10.0 Å². The standard InChI is InChI=1S/C19H22N2O5S/c22-27(23,16-3-4-17-18(12-16)26-11-10-25-17)21-19(14-5-8-24-9-6-14)15-2-1-7-20-13-15/h1-4,7,12-14,19,21H,5-6,8-11H2. The molecule has 7 nitrogen and oxygen atoms in total. The minimum atomic E-state index is -3.74. The summed E-state index contributed by atoms with van der Waals surface area (Å²) in [5.74, 6) is 1.16. The molecule has 0 bridgehead atoms. The van der Waals surface area contributed by atoms with Crippen LogP contribution in [0, 0.1) is 5.92 Å². The van der Waals surface area contributed by atoms with Gasteiger partial charge in [-0.05, 0) is 42.5 Å². The van der Waals surface area contributed by atoms with Crippen molar-refractivity contribution >= 4 is 10.0 Å². The zero-order chi connectivity index (χ0) is 18.7. The van der Waals surface area contributed by atoms with Crippen molar-refractivity contribution < 1.29 is 22.6 Å². The van der Waals surface area contributed by atoms with E-state index < -0.39 is 10.0 Å². The molecule has 0 aliphatic carbocycles. The average molecular weight is 390 g/mol. The molecule has 0 spiro atoms. The van der Waals surface area contributed by atoms with Gasteiger partial charge in [0, 0.05) is 31.7 Å². The molecule has 1 aromatic heterocycles. The van der Waals surface area contributed by atoms with Crippen LogP contribution in [0.25, 0.3) is 0 Å². The van der Waals surface area contributed by atoms with E-state index in [1.165, 1.54) is 6.07 Å². The summed E-state index contributed by atoms with van der Waals surface area (Å²) in [6, 6.07) is 8.05. The van der Waals surface area contributed by atoms with Crippen molar-refractivity contribution in [2.24, 2.45) is 5.92 Å². The van der Waals surface area contributed by atoms with Crippen LogP contribution in [0.4, 0.5) is 0 Å². The zero-order valence-electron chi connectivity index (χ0n) is 14.8. The van der Waals surface area contributed by atoms with Crippen molar-refractivity contribution in [3.05, 3.63) is 48.3 Å². The van der Waals surface area contributed by atoms with Gasteiger partial charge in [0.15, 0.2) is 11.5 Å². The van der Waals surface area contributed by atoms with Crippen LogP contribution < -0.4 is 14.2 Å². The Kier molecular flexibility index (Phi) is 5.29. The van der Waals surface area contributed by atoms with Crippen LogP contribution in [0.1, 0.15) is 24.4 Å². The molecule has 0 saturated carbocycles. The van der Waals surface area contributed by atoms with Gasteiger partial charge in [0.1, 0.15) is 13.2 Å². The Bertz CT molecular complexity index is 882. The molecule has 2 aromatic rings. The highest BCUT2D eigenvalue weighted by molar-refractivity contribution is 7.89. The SMILES string of the molecule is O=S(=O)(NC(c1cccnc1)C1CCOCC1)c1ccc2c(c1)OCCO2. The van der Waals surface area contributed by atoms with E-state index in [0.29, 0.717) is 37.9 Å². The lowest BCUT2D eigenvalue weighted by atomic mass is 9.88. The summed E-state index contributed by atoms with van der Waals surface area (Å²) in [7, 11) is -3.74. The molecule has 1 unspecified atom stereocenters. The summed E-state index contributed by atoms with van der Waals surface area (Å²) in [5.41, 5.74) is 0.852. The average Bonchev–Trinajstić information content (AvgIpc) is 2.73. The van der Waals surface area contributed by atoms with E-state index in [9.17, 15) is 8.42 Å². The molecule has 27 heavy (non-hydrogen) atoms. The highest BCUT2D eigenvalue weighted by atomic mass is 32.2. The van der Waals surface area contributed by atoms with E-state index in [1.54, 1.807) is 24.5 Å². The number of nitrogens with zero attached hydrogens (tertiary/aromatic N) is 1. The summed E-state index contributed by atoms with van der Waals surface area (Å²) in [4.78, 5) is 4.32. The Labute approximate surface area is 158 Å². The second-order valence-corrected chi connectivity index (χ2v) is 8.35. The minimum absolute atomic E-state index is 0.148. The molecular formula is C19H22N2O5S. The molecule has 4 rings (SSSR count). The van der Waals surface area contributed by atoms with Crippen LogP contribution in [-0.2, 0) is 14.8 Å². The fourth-order valence-electron chi connectivity index (χ4n) is 3.47. The lowest BCUT2D eigenvalue weighted by Crippen LogP contribution is -2.36. The normalized spacial score (nSPS) is 18.8. The first-order chi connectivity index (χ1) is 13.1. The Hall–Kier alpha value is -2.16. The van der Waals surface area contributed by atoms with Crippen LogP contribution in [0.5, 0.6) is 11.5 Å². The molecule has 0 radical (unpaired) electrons. The first-order valence-electron chi connectivity index (χ1n) is 9.03. The number of pyridine rings is 1. The predicted octanol–water partition coefficient (Wildman–Crippen LogP) is 2.30. The van der Waals surface area contributed by atoms with Crippen LogP contribution in [0.3, 0.4) is 0 Å². The Morgan fingerprint density at radius 2 is 1.81 bits per heavy atom. The van der Waals surface area contributed by atoms with Gasteiger partial charge >= 0.3 is 0 Å². The van der Waals surface area contributed by atoms with E-state index >= 15 is 0 Å². The number of nitrogens with one attached hydrogen (secondary N) is 1. The summed E-state index contributed by atoms with van der Waals surface area (Å²) < 4.78 is 45.5. The minimum Gasteiger partial charge on any atom is -0.486 e. The fraction of sp³-hybridized carbons (Fsp3) is 0.421. The number of fused-ring (bicyclic) bond motifs is 1. The topological polar surface area (TPSA) is 86.8 Å². The van der Waals surface area contributed by atoms with Crippen LogP contribution in [0.2, 0.25) is 0 Å². The van der Waals surface area contributed by atoms with Crippen LogP contribution >= 0.6 is 0 Å². The third-order valence-electron chi connectivity index (χ3n) is 4.89. The first-order valence-corrected chi connectivity index (χ1v) is 10.5.